The number of nitrogens with one attached hydrogen (secondary N) is 1. The van der Waals surface area contributed by atoms with Crippen molar-refractivity contribution < 1.29 is 14.3 Å². The van der Waals surface area contributed by atoms with Crippen molar-refractivity contribution in [1.29, 1.82) is 5.26 Å². The molecule has 5 nitrogen and oxygen atoms in total. The van der Waals surface area contributed by atoms with Crippen molar-refractivity contribution in [2.24, 2.45) is 0 Å². The average molecular weight is 574 g/mol. The zero-order valence-corrected chi connectivity index (χ0v) is 22.0. The first-order valence-electron chi connectivity index (χ1n) is 11.4. The van der Waals surface area contributed by atoms with Crippen molar-refractivity contribution in [3.63, 3.8) is 0 Å². The number of rotatable bonds is 9. The molecule has 0 aliphatic rings. The molecule has 0 unspecified atom stereocenters. The van der Waals surface area contributed by atoms with Crippen molar-refractivity contribution >= 4 is 45.2 Å². The third-order valence-corrected chi connectivity index (χ3v) is 6.10. The summed E-state index contributed by atoms with van der Waals surface area (Å²) in [4.78, 5) is 12.8. The lowest BCUT2D eigenvalue weighted by molar-refractivity contribution is -0.112. The van der Waals surface area contributed by atoms with E-state index < -0.39 is 5.91 Å². The number of ether oxygens (including phenoxy) is 2. The van der Waals surface area contributed by atoms with E-state index in [2.05, 4.69) is 21.2 Å². The highest BCUT2D eigenvalue weighted by Crippen LogP contribution is 2.24. The van der Waals surface area contributed by atoms with Gasteiger partial charge in [0.15, 0.2) is 0 Å². The smallest absolute Gasteiger partial charge is 0.266 e. The maximum Gasteiger partial charge on any atom is 0.266 e. The van der Waals surface area contributed by atoms with Gasteiger partial charge >= 0.3 is 0 Å². The fraction of sp³-hybridized carbons (Fsp3) is 0.0667. The molecule has 0 saturated heterocycles. The SMILES string of the molecule is N#C/C(=C\c1ccccc1OCc1ccc(Br)cc1)C(=O)Nc1ccc(OCc2ccc(Cl)cc2)cc1. The molecule has 0 atom stereocenters. The number of nitrogens with zero attached hydrogens (tertiary/aromatic N) is 1. The van der Waals surface area contributed by atoms with Crippen LogP contribution in [0.3, 0.4) is 0 Å². The maximum atomic E-state index is 12.8. The van der Waals surface area contributed by atoms with E-state index >= 15 is 0 Å². The molecular formula is C30H22BrClN2O3. The summed E-state index contributed by atoms with van der Waals surface area (Å²) in [6.07, 6.45) is 1.52. The predicted octanol–water partition coefficient (Wildman–Crippen LogP) is 7.81. The molecule has 1 N–H and O–H groups in total. The van der Waals surface area contributed by atoms with Gasteiger partial charge in [-0.3, -0.25) is 4.79 Å². The van der Waals surface area contributed by atoms with Crippen LogP contribution in [0.4, 0.5) is 5.69 Å². The molecule has 4 rings (SSSR count). The standard InChI is InChI=1S/C30H22BrClN2O3/c31-25-9-5-21(6-10-25)20-37-29-4-2-1-3-23(29)17-24(18-33)30(35)34-27-13-15-28(16-14-27)36-19-22-7-11-26(32)12-8-22/h1-17H,19-20H2,(H,34,35)/b24-17+. The van der Waals surface area contributed by atoms with Gasteiger partial charge in [0.1, 0.15) is 36.4 Å². The van der Waals surface area contributed by atoms with Gasteiger partial charge in [0.2, 0.25) is 0 Å². The third-order valence-electron chi connectivity index (χ3n) is 5.32. The molecule has 4 aromatic rings. The number of hydrogen-bond acceptors (Lipinski definition) is 4. The second-order valence-corrected chi connectivity index (χ2v) is 9.37. The number of amides is 1. The van der Waals surface area contributed by atoms with Crippen LogP contribution >= 0.6 is 27.5 Å². The summed E-state index contributed by atoms with van der Waals surface area (Å²) in [6, 6.07) is 31.5. The second kappa shape index (κ2) is 12.8. The minimum atomic E-state index is -0.514. The molecule has 184 valence electrons. The van der Waals surface area contributed by atoms with Crippen LogP contribution in [0, 0.1) is 11.3 Å². The number of para-hydroxylation sites is 1. The van der Waals surface area contributed by atoms with Crippen LogP contribution in [0.5, 0.6) is 11.5 Å². The van der Waals surface area contributed by atoms with Crippen LogP contribution in [-0.2, 0) is 18.0 Å². The Kier molecular flexibility index (Phi) is 8.98. The highest BCUT2D eigenvalue weighted by atomic mass is 79.9. The molecule has 0 saturated carbocycles. The molecule has 0 aliphatic carbocycles. The highest BCUT2D eigenvalue weighted by molar-refractivity contribution is 9.10. The molecule has 37 heavy (non-hydrogen) atoms. The number of hydrogen-bond donors (Lipinski definition) is 1. The number of anilines is 1. The Morgan fingerprint density at radius 2 is 1.49 bits per heavy atom. The van der Waals surface area contributed by atoms with Crippen LogP contribution < -0.4 is 14.8 Å². The molecule has 0 aromatic heterocycles. The number of carbonyl (C=O) groups is 1. The quantitative estimate of drug-likeness (QED) is 0.164. The Balaban J connectivity index is 1.38. The van der Waals surface area contributed by atoms with Gasteiger partial charge < -0.3 is 14.8 Å². The molecular weight excluding hydrogens is 552 g/mol. The minimum Gasteiger partial charge on any atom is -0.489 e. The fourth-order valence-corrected chi connectivity index (χ4v) is 3.75. The van der Waals surface area contributed by atoms with E-state index in [1.165, 1.54) is 6.08 Å². The van der Waals surface area contributed by atoms with Crippen LogP contribution in [-0.4, -0.2) is 5.91 Å². The van der Waals surface area contributed by atoms with Crippen LogP contribution in [0.2, 0.25) is 5.02 Å². The Bertz CT molecular complexity index is 1430. The lowest BCUT2D eigenvalue weighted by Gasteiger charge is -2.10. The summed E-state index contributed by atoms with van der Waals surface area (Å²) in [6.45, 7) is 0.756. The molecule has 0 heterocycles. The van der Waals surface area contributed by atoms with Crippen LogP contribution in [0.1, 0.15) is 16.7 Å². The molecule has 1 amide bonds. The van der Waals surface area contributed by atoms with Gasteiger partial charge in [-0.1, -0.05) is 70.0 Å². The summed E-state index contributed by atoms with van der Waals surface area (Å²) in [5, 5.41) is 13.1. The topological polar surface area (TPSA) is 71.3 Å². The monoisotopic (exact) mass is 572 g/mol. The van der Waals surface area contributed by atoms with Gasteiger partial charge in [-0.25, -0.2) is 0 Å². The average Bonchev–Trinajstić information content (AvgIpc) is 2.92. The van der Waals surface area contributed by atoms with Gasteiger partial charge in [0.25, 0.3) is 5.91 Å². The van der Waals surface area contributed by atoms with E-state index in [1.807, 2.05) is 66.7 Å². The molecule has 0 fully saturated rings. The van der Waals surface area contributed by atoms with Crippen molar-refractivity contribution in [3.05, 3.63) is 129 Å². The normalized spacial score (nSPS) is 10.9. The minimum absolute atomic E-state index is 0.0391. The predicted molar refractivity (Wildman–Crippen MR) is 149 cm³/mol. The van der Waals surface area contributed by atoms with E-state index in [1.54, 1.807) is 36.4 Å². The van der Waals surface area contributed by atoms with Gasteiger partial charge in [-0.15, -0.1) is 0 Å². The largest absolute Gasteiger partial charge is 0.489 e. The molecule has 0 aliphatic heterocycles. The van der Waals surface area contributed by atoms with Gasteiger partial charge in [-0.05, 0) is 71.8 Å². The number of nitriles is 1. The Labute approximate surface area is 229 Å². The molecule has 0 radical (unpaired) electrons. The summed E-state index contributed by atoms with van der Waals surface area (Å²) in [5.74, 6) is 0.717. The Morgan fingerprint density at radius 1 is 0.865 bits per heavy atom. The number of benzene rings is 4. The zero-order chi connectivity index (χ0) is 26.0. The van der Waals surface area contributed by atoms with Crippen LogP contribution in [0.25, 0.3) is 6.08 Å². The molecule has 7 heteroatoms. The van der Waals surface area contributed by atoms with E-state index in [0.717, 1.165) is 15.6 Å². The van der Waals surface area contributed by atoms with E-state index in [9.17, 15) is 10.1 Å². The Hall–Kier alpha value is -4.05. The first-order valence-corrected chi connectivity index (χ1v) is 12.5. The fourth-order valence-electron chi connectivity index (χ4n) is 3.36. The maximum absolute atomic E-state index is 12.8. The lowest BCUT2D eigenvalue weighted by Crippen LogP contribution is -2.13. The van der Waals surface area contributed by atoms with Crippen molar-refractivity contribution in [2.45, 2.75) is 13.2 Å². The summed E-state index contributed by atoms with van der Waals surface area (Å²) >= 11 is 9.33. The van der Waals surface area contributed by atoms with E-state index in [0.29, 0.717) is 41.0 Å². The zero-order valence-electron chi connectivity index (χ0n) is 19.7. The van der Waals surface area contributed by atoms with E-state index in [-0.39, 0.29) is 5.57 Å². The van der Waals surface area contributed by atoms with Gasteiger partial charge in [0, 0.05) is 20.7 Å². The molecule has 4 aromatic carbocycles. The molecule has 0 bridgehead atoms. The number of carbonyl (C=O) groups excluding carboxylic acids is 1. The lowest BCUT2D eigenvalue weighted by atomic mass is 10.1. The highest BCUT2D eigenvalue weighted by Gasteiger charge is 2.12. The third kappa shape index (κ3) is 7.71. The number of halogens is 2. The second-order valence-electron chi connectivity index (χ2n) is 8.02. The van der Waals surface area contributed by atoms with Gasteiger partial charge in [0.05, 0.1) is 0 Å². The van der Waals surface area contributed by atoms with E-state index in [4.69, 9.17) is 21.1 Å². The summed E-state index contributed by atoms with van der Waals surface area (Å²) in [7, 11) is 0. The summed E-state index contributed by atoms with van der Waals surface area (Å²) < 4.78 is 12.7. The van der Waals surface area contributed by atoms with Crippen molar-refractivity contribution in [2.75, 3.05) is 5.32 Å². The van der Waals surface area contributed by atoms with Gasteiger partial charge in [-0.2, -0.15) is 5.26 Å². The first kappa shape index (κ1) is 26.0. The van der Waals surface area contributed by atoms with Crippen LogP contribution in [0.15, 0.2) is 107 Å². The van der Waals surface area contributed by atoms with Crippen molar-refractivity contribution in [1.82, 2.24) is 0 Å². The summed E-state index contributed by atoms with van der Waals surface area (Å²) in [5.41, 5.74) is 3.14. The van der Waals surface area contributed by atoms with Crippen molar-refractivity contribution in [3.8, 4) is 17.6 Å². The first-order chi connectivity index (χ1) is 18.0. The Morgan fingerprint density at radius 3 is 2.16 bits per heavy atom. The molecule has 0 spiro atoms.